The fourth-order valence-corrected chi connectivity index (χ4v) is 5.02. The van der Waals surface area contributed by atoms with Crippen molar-refractivity contribution in [1.82, 2.24) is 5.73 Å². The molecule has 2 nitrogen and oxygen atoms in total. The lowest BCUT2D eigenvalue weighted by molar-refractivity contribution is -0.124. The van der Waals surface area contributed by atoms with Gasteiger partial charge in [0.1, 0.15) is 11.2 Å². The Bertz CT molecular complexity index is 748. The summed E-state index contributed by atoms with van der Waals surface area (Å²) in [5.74, 6) is -0.296. The van der Waals surface area contributed by atoms with E-state index in [1.165, 1.54) is 6.07 Å². The third-order valence-corrected chi connectivity index (χ3v) is 5.97. The van der Waals surface area contributed by atoms with Gasteiger partial charge in [-0.15, -0.1) is 0 Å². The molecule has 0 saturated heterocycles. The maximum atomic E-state index is 14.2. The van der Waals surface area contributed by atoms with Crippen molar-refractivity contribution in [3.8, 4) is 0 Å². The van der Waals surface area contributed by atoms with Crippen LogP contribution in [0.25, 0.3) is 6.08 Å². The molecule has 3 aliphatic carbocycles. The van der Waals surface area contributed by atoms with E-state index in [1.807, 2.05) is 13.0 Å². The van der Waals surface area contributed by atoms with E-state index in [2.05, 4.69) is 6.58 Å². The summed E-state index contributed by atoms with van der Waals surface area (Å²) in [6.07, 6.45) is 5.55. The average Bonchev–Trinajstić information content (AvgIpc) is 3.13. The molecular weight excluding hydrogens is 277 g/mol. The van der Waals surface area contributed by atoms with Gasteiger partial charge >= 0.3 is 0 Å². The van der Waals surface area contributed by atoms with Gasteiger partial charge in [0, 0.05) is 0 Å². The summed E-state index contributed by atoms with van der Waals surface area (Å²) in [5, 5.41) is 0. The van der Waals surface area contributed by atoms with Gasteiger partial charge in [0.25, 0.3) is 5.91 Å². The van der Waals surface area contributed by atoms with E-state index >= 15 is 0 Å². The highest BCUT2D eigenvalue weighted by atomic mass is 19.1. The molecule has 1 radical (unpaired) electrons. The van der Waals surface area contributed by atoms with Gasteiger partial charge in [0.2, 0.25) is 0 Å². The number of carbonyl (C=O) groups excluding carboxylic acids is 1. The molecule has 0 spiro atoms. The van der Waals surface area contributed by atoms with Crippen LogP contribution < -0.4 is 5.73 Å². The first-order valence-electron chi connectivity index (χ1n) is 7.90. The Kier molecular flexibility index (Phi) is 2.69. The van der Waals surface area contributed by atoms with Gasteiger partial charge in [-0.2, -0.15) is 0 Å². The Morgan fingerprint density at radius 2 is 2.18 bits per heavy atom. The quantitative estimate of drug-likeness (QED) is 0.765. The zero-order chi connectivity index (χ0) is 15.6. The normalized spacial score (nSPS) is 32.3. The smallest absolute Gasteiger partial charge is 0.253 e. The van der Waals surface area contributed by atoms with Gasteiger partial charge in [0.15, 0.2) is 0 Å². The summed E-state index contributed by atoms with van der Waals surface area (Å²) in [6.45, 7) is 6.18. The van der Waals surface area contributed by atoms with Gasteiger partial charge in [-0.1, -0.05) is 29.9 Å². The standard InChI is InChI=1S/C19H19FNO/c1-10-7-14-15(8-10)17(20)6-5-16(14)19(18(21)22)11(2)12-3-4-13(19)9-12/h5-7,12-13,21H,2-4,8-9H2,1H3. The Morgan fingerprint density at radius 3 is 2.82 bits per heavy atom. The van der Waals surface area contributed by atoms with Gasteiger partial charge in [-0.3, -0.25) is 10.5 Å². The molecule has 0 aromatic heterocycles. The predicted octanol–water partition coefficient (Wildman–Crippen LogP) is 3.82. The van der Waals surface area contributed by atoms with Crippen molar-refractivity contribution in [3.05, 3.63) is 52.4 Å². The van der Waals surface area contributed by atoms with Crippen LogP contribution in [0.2, 0.25) is 0 Å². The molecule has 1 aromatic carbocycles. The van der Waals surface area contributed by atoms with Crippen molar-refractivity contribution in [1.29, 1.82) is 0 Å². The molecule has 3 heteroatoms. The summed E-state index contributed by atoms with van der Waals surface area (Å²) >= 11 is 0. The highest BCUT2D eigenvalue weighted by Gasteiger charge is 2.59. The summed E-state index contributed by atoms with van der Waals surface area (Å²) in [5.41, 5.74) is 11.4. The lowest BCUT2D eigenvalue weighted by Crippen LogP contribution is -2.44. The number of rotatable bonds is 2. The fraction of sp³-hybridized carbons (Fsp3) is 0.421. The summed E-state index contributed by atoms with van der Waals surface area (Å²) in [4.78, 5) is 12.4. The van der Waals surface area contributed by atoms with Crippen LogP contribution in [0.3, 0.4) is 0 Å². The number of benzene rings is 1. The van der Waals surface area contributed by atoms with Crippen LogP contribution in [0.15, 0.2) is 29.9 Å². The van der Waals surface area contributed by atoms with Gasteiger partial charge in [-0.05, 0) is 67.2 Å². The highest BCUT2D eigenvalue weighted by molar-refractivity contribution is 5.93. The van der Waals surface area contributed by atoms with E-state index in [1.54, 1.807) is 6.07 Å². The number of amides is 1. The summed E-state index contributed by atoms with van der Waals surface area (Å²) in [7, 11) is 0. The second-order valence-corrected chi connectivity index (χ2v) is 7.02. The minimum absolute atomic E-state index is 0.152. The minimum atomic E-state index is -0.915. The van der Waals surface area contributed by atoms with E-state index in [4.69, 9.17) is 5.73 Å². The van der Waals surface area contributed by atoms with Crippen LogP contribution in [0.1, 0.15) is 42.9 Å². The predicted molar refractivity (Wildman–Crippen MR) is 83.5 cm³/mol. The van der Waals surface area contributed by atoms with Crippen LogP contribution in [0, 0.1) is 17.7 Å². The van der Waals surface area contributed by atoms with Crippen molar-refractivity contribution in [2.45, 2.75) is 38.0 Å². The molecule has 3 unspecified atom stereocenters. The van der Waals surface area contributed by atoms with E-state index in [9.17, 15) is 9.18 Å². The van der Waals surface area contributed by atoms with Gasteiger partial charge in [0.05, 0.1) is 0 Å². The molecule has 2 fully saturated rings. The lowest BCUT2D eigenvalue weighted by atomic mass is 9.64. The first-order valence-corrected chi connectivity index (χ1v) is 7.90. The third kappa shape index (κ3) is 1.47. The zero-order valence-corrected chi connectivity index (χ0v) is 12.7. The second-order valence-electron chi connectivity index (χ2n) is 7.02. The van der Waals surface area contributed by atoms with Crippen LogP contribution in [-0.4, -0.2) is 5.91 Å². The van der Waals surface area contributed by atoms with Gasteiger partial charge < -0.3 is 0 Å². The van der Waals surface area contributed by atoms with Crippen LogP contribution in [0.4, 0.5) is 4.39 Å². The van der Waals surface area contributed by atoms with Crippen LogP contribution in [-0.2, 0) is 16.6 Å². The number of hydrogen-bond acceptors (Lipinski definition) is 1. The van der Waals surface area contributed by atoms with E-state index in [0.717, 1.165) is 41.5 Å². The van der Waals surface area contributed by atoms with Crippen molar-refractivity contribution in [3.63, 3.8) is 0 Å². The Labute approximate surface area is 129 Å². The molecular formula is C19H19FNO. The number of halogens is 1. The van der Waals surface area contributed by atoms with E-state index in [0.29, 0.717) is 17.9 Å². The maximum Gasteiger partial charge on any atom is 0.253 e. The molecule has 22 heavy (non-hydrogen) atoms. The minimum Gasteiger partial charge on any atom is -0.272 e. The molecule has 1 aromatic rings. The third-order valence-electron chi connectivity index (χ3n) is 5.97. The number of hydrogen-bond donors (Lipinski definition) is 0. The first-order chi connectivity index (χ1) is 10.5. The number of carbonyl (C=O) groups is 1. The molecule has 3 aliphatic rings. The molecule has 0 aliphatic heterocycles. The zero-order valence-electron chi connectivity index (χ0n) is 12.7. The Hall–Kier alpha value is -1.90. The number of allylic oxidation sites excluding steroid dienone is 1. The van der Waals surface area contributed by atoms with Gasteiger partial charge in [-0.25, -0.2) is 4.39 Å². The van der Waals surface area contributed by atoms with Crippen molar-refractivity contribution in [2.24, 2.45) is 11.8 Å². The monoisotopic (exact) mass is 296 g/mol. The summed E-state index contributed by atoms with van der Waals surface area (Å²) < 4.78 is 14.2. The molecule has 0 heterocycles. The molecule has 2 bridgehead atoms. The Balaban J connectivity index is 2.00. The molecule has 1 N–H and O–H groups in total. The highest BCUT2D eigenvalue weighted by Crippen LogP contribution is 2.60. The molecule has 113 valence electrons. The maximum absolute atomic E-state index is 14.2. The second kappa shape index (κ2) is 4.31. The van der Waals surface area contributed by atoms with Crippen molar-refractivity contribution >= 4 is 12.0 Å². The molecule has 3 atom stereocenters. The SMILES string of the molecule is C=C1C2CCC(C2)C1(C([NH])=O)c1ccc(F)c2c1C=C(C)C2. The fourth-order valence-electron chi connectivity index (χ4n) is 5.02. The van der Waals surface area contributed by atoms with Crippen molar-refractivity contribution < 1.29 is 9.18 Å². The van der Waals surface area contributed by atoms with Crippen LogP contribution >= 0.6 is 0 Å². The Morgan fingerprint density at radius 1 is 1.41 bits per heavy atom. The largest absolute Gasteiger partial charge is 0.272 e. The summed E-state index contributed by atoms with van der Waals surface area (Å²) in [6, 6.07) is 3.19. The first kappa shape index (κ1) is 13.7. The number of fused-ring (bicyclic) bond motifs is 3. The van der Waals surface area contributed by atoms with Crippen LogP contribution in [0.5, 0.6) is 0 Å². The lowest BCUT2D eigenvalue weighted by Gasteiger charge is -2.38. The molecule has 2 saturated carbocycles. The molecule has 1 amide bonds. The molecule has 4 rings (SSSR count). The van der Waals surface area contributed by atoms with Crippen molar-refractivity contribution in [2.75, 3.05) is 0 Å². The van der Waals surface area contributed by atoms with E-state index < -0.39 is 11.3 Å². The average molecular weight is 296 g/mol. The topological polar surface area (TPSA) is 40.9 Å². The number of nitrogens with one attached hydrogen (secondary N) is 1. The van der Waals surface area contributed by atoms with E-state index in [-0.39, 0.29) is 11.7 Å².